The number of fused-ring (bicyclic) bond motifs is 1. The molecule has 2 fully saturated rings. The minimum Gasteiger partial charge on any atom is -0.356 e. The maximum absolute atomic E-state index is 13.1. The summed E-state index contributed by atoms with van der Waals surface area (Å²) in [5.74, 6) is 2.58. The molecule has 2 aromatic heterocycles. The number of nitrogens with one attached hydrogen (secondary N) is 1. The van der Waals surface area contributed by atoms with E-state index in [2.05, 4.69) is 56.7 Å². The van der Waals surface area contributed by atoms with Crippen LogP contribution >= 0.6 is 0 Å². The minimum atomic E-state index is 0.0678. The standard InChI is InChI=1S/C29H38N6O/c1-21-24(29(34-16-9-4-10-17-34)35(32-21)23-13-7-3-8-14-23)19-33-18-15-26-25(20-33)28(36)31-27(30-26)22-11-5-2-6-12-22/h3,7-8,13-14,22H,2,4-6,9-12,15-20H2,1H3,(H,30,31,36). The summed E-state index contributed by atoms with van der Waals surface area (Å²) in [5, 5.41) is 5.01. The molecule has 36 heavy (non-hydrogen) atoms. The highest BCUT2D eigenvalue weighted by Gasteiger charge is 2.28. The van der Waals surface area contributed by atoms with Crippen LogP contribution in [0.1, 0.15) is 85.6 Å². The zero-order valence-electron chi connectivity index (χ0n) is 21.5. The number of aromatic nitrogens is 4. The second-order valence-corrected chi connectivity index (χ2v) is 10.9. The Balaban J connectivity index is 1.28. The third-order valence-corrected chi connectivity index (χ3v) is 8.35. The molecule has 0 atom stereocenters. The highest BCUT2D eigenvalue weighted by Crippen LogP contribution is 2.33. The molecule has 7 heteroatoms. The molecule has 4 heterocycles. The lowest BCUT2D eigenvalue weighted by atomic mass is 9.88. The molecular weight excluding hydrogens is 448 g/mol. The smallest absolute Gasteiger partial charge is 0.255 e. The van der Waals surface area contributed by atoms with E-state index in [9.17, 15) is 4.79 Å². The summed E-state index contributed by atoms with van der Waals surface area (Å²) >= 11 is 0. The van der Waals surface area contributed by atoms with Gasteiger partial charge >= 0.3 is 0 Å². The van der Waals surface area contributed by atoms with Crippen LogP contribution in [0.5, 0.6) is 0 Å². The zero-order valence-corrected chi connectivity index (χ0v) is 21.5. The Hall–Kier alpha value is -2.93. The van der Waals surface area contributed by atoms with E-state index in [-0.39, 0.29) is 5.56 Å². The van der Waals surface area contributed by atoms with Gasteiger partial charge in [-0.2, -0.15) is 5.10 Å². The summed E-state index contributed by atoms with van der Waals surface area (Å²) < 4.78 is 2.14. The van der Waals surface area contributed by atoms with E-state index < -0.39 is 0 Å². The fraction of sp³-hybridized carbons (Fsp3) is 0.552. The lowest BCUT2D eigenvalue weighted by molar-refractivity contribution is 0.240. The highest BCUT2D eigenvalue weighted by molar-refractivity contribution is 5.55. The highest BCUT2D eigenvalue weighted by atomic mass is 16.1. The van der Waals surface area contributed by atoms with E-state index in [1.54, 1.807) is 0 Å². The van der Waals surface area contributed by atoms with Gasteiger partial charge in [0.2, 0.25) is 0 Å². The molecule has 6 rings (SSSR count). The first kappa shape index (κ1) is 23.5. The average molecular weight is 487 g/mol. The van der Waals surface area contributed by atoms with Crippen molar-refractivity contribution >= 4 is 5.82 Å². The number of anilines is 1. The van der Waals surface area contributed by atoms with Gasteiger partial charge in [0.1, 0.15) is 11.6 Å². The number of aromatic amines is 1. The maximum Gasteiger partial charge on any atom is 0.255 e. The molecule has 3 aliphatic rings. The molecule has 1 aromatic carbocycles. The molecule has 7 nitrogen and oxygen atoms in total. The van der Waals surface area contributed by atoms with Gasteiger partial charge in [-0.1, -0.05) is 37.5 Å². The number of aryl methyl sites for hydroxylation is 1. The van der Waals surface area contributed by atoms with Crippen molar-refractivity contribution in [3.63, 3.8) is 0 Å². The van der Waals surface area contributed by atoms with E-state index in [0.29, 0.717) is 12.5 Å². The normalized spacial score (nSPS) is 19.4. The largest absolute Gasteiger partial charge is 0.356 e. The number of para-hydroxylation sites is 1. The van der Waals surface area contributed by atoms with E-state index in [0.717, 1.165) is 73.9 Å². The number of H-pyrrole nitrogens is 1. The summed E-state index contributed by atoms with van der Waals surface area (Å²) in [6, 6.07) is 10.5. The lowest BCUT2D eigenvalue weighted by Crippen LogP contribution is -2.37. The van der Waals surface area contributed by atoms with Crippen molar-refractivity contribution in [2.75, 3.05) is 24.5 Å². The first-order valence-corrected chi connectivity index (χ1v) is 13.9. The molecule has 190 valence electrons. The molecule has 0 spiro atoms. The Kier molecular flexibility index (Phi) is 6.65. The first-order chi connectivity index (χ1) is 17.7. The van der Waals surface area contributed by atoms with E-state index in [4.69, 9.17) is 10.1 Å². The van der Waals surface area contributed by atoms with E-state index in [1.165, 1.54) is 49.9 Å². The van der Waals surface area contributed by atoms with Gasteiger partial charge in [0, 0.05) is 50.6 Å². The van der Waals surface area contributed by atoms with Crippen LogP contribution in [0.4, 0.5) is 5.82 Å². The molecule has 1 N–H and O–H groups in total. The summed E-state index contributed by atoms with van der Waals surface area (Å²) in [6.45, 7) is 6.64. The second-order valence-electron chi connectivity index (χ2n) is 10.9. The van der Waals surface area contributed by atoms with Crippen LogP contribution in [0, 0.1) is 6.92 Å². The Morgan fingerprint density at radius 3 is 2.50 bits per heavy atom. The van der Waals surface area contributed by atoms with Gasteiger partial charge in [0.05, 0.1) is 22.6 Å². The van der Waals surface area contributed by atoms with Crippen molar-refractivity contribution < 1.29 is 0 Å². The van der Waals surface area contributed by atoms with Crippen LogP contribution in [0.15, 0.2) is 35.1 Å². The Bertz CT molecular complexity index is 1250. The Labute approximate surface area is 213 Å². The fourth-order valence-corrected chi connectivity index (χ4v) is 6.34. The quantitative estimate of drug-likeness (QED) is 0.558. The number of nitrogens with zero attached hydrogens (tertiary/aromatic N) is 5. The van der Waals surface area contributed by atoms with Gasteiger partial charge in [-0.25, -0.2) is 9.67 Å². The van der Waals surface area contributed by atoms with Gasteiger partial charge in [-0.05, 0) is 51.2 Å². The van der Waals surface area contributed by atoms with Gasteiger partial charge in [-0.3, -0.25) is 9.69 Å². The predicted octanol–water partition coefficient (Wildman–Crippen LogP) is 4.86. The lowest BCUT2D eigenvalue weighted by Gasteiger charge is -2.32. The summed E-state index contributed by atoms with van der Waals surface area (Å²) in [6.07, 6.45) is 10.7. The summed E-state index contributed by atoms with van der Waals surface area (Å²) in [4.78, 5) is 26.2. The molecule has 0 radical (unpaired) electrons. The van der Waals surface area contributed by atoms with Crippen molar-refractivity contribution in [3.05, 3.63) is 69.0 Å². The van der Waals surface area contributed by atoms with Gasteiger partial charge in [-0.15, -0.1) is 0 Å². The average Bonchev–Trinajstić information content (AvgIpc) is 3.26. The predicted molar refractivity (Wildman–Crippen MR) is 143 cm³/mol. The number of rotatable bonds is 5. The first-order valence-electron chi connectivity index (χ1n) is 13.9. The molecule has 0 unspecified atom stereocenters. The molecular formula is C29H38N6O. The van der Waals surface area contributed by atoms with Crippen LogP contribution in [0.3, 0.4) is 0 Å². The van der Waals surface area contributed by atoms with Crippen molar-refractivity contribution in [2.24, 2.45) is 0 Å². The minimum absolute atomic E-state index is 0.0678. The third kappa shape index (κ3) is 4.61. The van der Waals surface area contributed by atoms with Crippen LogP contribution in [-0.4, -0.2) is 44.3 Å². The van der Waals surface area contributed by atoms with Crippen molar-refractivity contribution in [2.45, 2.75) is 83.7 Å². The topological polar surface area (TPSA) is 70.1 Å². The fourth-order valence-electron chi connectivity index (χ4n) is 6.34. The number of piperidine rings is 1. The van der Waals surface area contributed by atoms with Gasteiger partial charge < -0.3 is 9.88 Å². The molecule has 1 saturated heterocycles. The molecule has 2 aliphatic heterocycles. The molecule has 1 saturated carbocycles. The molecule has 1 aliphatic carbocycles. The number of hydrogen-bond donors (Lipinski definition) is 1. The van der Waals surface area contributed by atoms with E-state index >= 15 is 0 Å². The summed E-state index contributed by atoms with van der Waals surface area (Å²) in [5.41, 5.74) is 5.40. The Morgan fingerprint density at radius 2 is 1.72 bits per heavy atom. The Morgan fingerprint density at radius 1 is 0.972 bits per heavy atom. The van der Waals surface area contributed by atoms with Crippen LogP contribution in [0.2, 0.25) is 0 Å². The second kappa shape index (κ2) is 10.2. The summed E-state index contributed by atoms with van der Waals surface area (Å²) in [7, 11) is 0. The zero-order chi connectivity index (χ0) is 24.5. The van der Waals surface area contributed by atoms with Crippen molar-refractivity contribution in [3.8, 4) is 5.69 Å². The van der Waals surface area contributed by atoms with Gasteiger partial charge in [0.25, 0.3) is 5.56 Å². The van der Waals surface area contributed by atoms with Gasteiger partial charge in [0.15, 0.2) is 0 Å². The van der Waals surface area contributed by atoms with Crippen LogP contribution < -0.4 is 10.5 Å². The van der Waals surface area contributed by atoms with Crippen molar-refractivity contribution in [1.82, 2.24) is 24.6 Å². The van der Waals surface area contributed by atoms with Crippen molar-refractivity contribution in [1.29, 1.82) is 0 Å². The van der Waals surface area contributed by atoms with Crippen LogP contribution in [-0.2, 0) is 19.5 Å². The monoisotopic (exact) mass is 486 g/mol. The SMILES string of the molecule is Cc1nn(-c2ccccc2)c(N2CCCCC2)c1CN1CCc2nc(C3CCCCC3)[nH]c(=O)c2C1. The maximum atomic E-state index is 13.1. The molecule has 0 amide bonds. The number of benzene rings is 1. The molecule has 3 aromatic rings. The van der Waals surface area contributed by atoms with E-state index in [1.807, 2.05) is 0 Å². The third-order valence-electron chi connectivity index (χ3n) is 8.35. The molecule has 0 bridgehead atoms. The van der Waals surface area contributed by atoms with Crippen LogP contribution in [0.25, 0.3) is 5.69 Å². The number of hydrogen-bond acceptors (Lipinski definition) is 5.